The van der Waals surface area contributed by atoms with Crippen LogP contribution in [-0.4, -0.2) is 15.3 Å². The molecule has 0 aliphatic heterocycles. The molecule has 0 saturated carbocycles. The predicted molar refractivity (Wildman–Crippen MR) is 93.3 cm³/mol. The van der Waals surface area contributed by atoms with Crippen molar-refractivity contribution in [3.63, 3.8) is 0 Å². The third-order valence-electron chi connectivity index (χ3n) is 3.60. The monoisotopic (exact) mass is 327 g/mol. The lowest BCUT2D eigenvalue weighted by atomic mass is 10.2. The molecule has 0 atom stereocenters. The summed E-state index contributed by atoms with van der Waals surface area (Å²) in [5.41, 5.74) is 3.21. The Kier molecular flexibility index (Phi) is 4.28. The van der Waals surface area contributed by atoms with Crippen LogP contribution >= 0.6 is 0 Å². The maximum Gasteiger partial charge on any atom is 0.266 e. The van der Waals surface area contributed by atoms with E-state index in [4.69, 9.17) is 5.26 Å². The average molecular weight is 327 g/mol. The highest BCUT2D eigenvalue weighted by Crippen LogP contribution is 2.15. The molecule has 0 unspecified atom stereocenters. The van der Waals surface area contributed by atoms with Crippen molar-refractivity contribution in [2.45, 2.75) is 6.92 Å². The zero-order valence-electron chi connectivity index (χ0n) is 13.4. The molecule has 1 aromatic carbocycles. The summed E-state index contributed by atoms with van der Waals surface area (Å²) in [5.74, 6) is -0.500. The number of amides is 1. The second kappa shape index (κ2) is 6.69. The third-order valence-corrected chi connectivity index (χ3v) is 3.60. The van der Waals surface area contributed by atoms with Gasteiger partial charge in [0.2, 0.25) is 0 Å². The van der Waals surface area contributed by atoms with Gasteiger partial charge < -0.3 is 5.32 Å². The first-order chi connectivity index (χ1) is 12.1. The van der Waals surface area contributed by atoms with E-state index in [2.05, 4.69) is 16.4 Å². The number of carbonyl (C=O) groups is 1. The number of carbonyl (C=O) groups excluding carboxylic acids is 1. The molecule has 3 aromatic rings. The molecular weight excluding hydrogens is 314 g/mol. The van der Waals surface area contributed by atoms with Crippen LogP contribution in [0, 0.1) is 29.6 Å². The maximum absolute atomic E-state index is 12.4. The summed E-state index contributed by atoms with van der Waals surface area (Å²) in [6.45, 7) is 1.92. The van der Waals surface area contributed by atoms with Gasteiger partial charge in [-0.1, -0.05) is 12.1 Å². The standard InChI is InChI=1S/C19H13N5O/c1-13-3-2-4-16(7-13)23-19(25)15(10-21)8-17-11-22-18-6-5-14(9-20)12-24(17)18/h2-8,11-12H,1H3,(H,23,25)/b15-8-. The second-order valence-electron chi connectivity index (χ2n) is 5.43. The lowest BCUT2D eigenvalue weighted by Crippen LogP contribution is -2.13. The molecule has 6 nitrogen and oxygen atoms in total. The molecule has 2 heterocycles. The number of nitrogens with zero attached hydrogens (tertiary/aromatic N) is 4. The Morgan fingerprint density at radius 1 is 1.28 bits per heavy atom. The van der Waals surface area contributed by atoms with Crippen LogP contribution in [0.4, 0.5) is 5.69 Å². The summed E-state index contributed by atoms with van der Waals surface area (Å²) < 4.78 is 1.66. The van der Waals surface area contributed by atoms with Crippen molar-refractivity contribution in [3.8, 4) is 12.1 Å². The molecule has 0 aliphatic rings. The number of nitriles is 2. The molecule has 1 N–H and O–H groups in total. The Hall–Kier alpha value is -3.90. The van der Waals surface area contributed by atoms with Crippen LogP contribution < -0.4 is 5.32 Å². The van der Waals surface area contributed by atoms with E-state index in [9.17, 15) is 10.1 Å². The van der Waals surface area contributed by atoms with Gasteiger partial charge in [-0.05, 0) is 42.8 Å². The summed E-state index contributed by atoms with van der Waals surface area (Å²) in [6.07, 6.45) is 4.61. The molecule has 120 valence electrons. The number of nitrogens with one attached hydrogen (secondary N) is 1. The molecule has 6 heteroatoms. The quantitative estimate of drug-likeness (QED) is 0.591. The number of benzene rings is 1. The predicted octanol–water partition coefficient (Wildman–Crippen LogP) is 3.06. The normalized spacial score (nSPS) is 10.9. The summed E-state index contributed by atoms with van der Waals surface area (Å²) >= 11 is 0. The van der Waals surface area contributed by atoms with Crippen molar-refractivity contribution < 1.29 is 4.79 Å². The first kappa shape index (κ1) is 16.0. The van der Waals surface area contributed by atoms with Gasteiger partial charge in [0.15, 0.2) is 0 Å². The van der Waals surface area contributed by atoms with Gasteiger partial charge in [0.25, 0.3) is 5.91 Å². The van der Waals surface area contributed by atoms with E-state index in [0.717, 1.165) is 5.56 Å². The van der Waals surface area contributed by atoms with Gasteiger partial charge in [0.1, 0.15) is 23.4 Å². The molecule has 1 amide bonds. The Labute approximate surface area is 144 Å². The summed E-state index contributed by atoms with van der Waals surface area (Å²) in [7, 11) is 0. The van der Waals surface area contributed by atoms with Crippen LogP contribution in [0.15, 0.2) is 54.4 Å². The molecule has 0 bridgehead atoms. The number of hydrogen-bond donors (Lipinski definition) is 1. The number of rotatable bonds is 3. The lowest BCUT2D eigenvalue weighted by Gasteiger charge is -2.05. The molecule has 0 radical (unpaired) electrons. The molecule has 0 spiro atoms. The molecule has 3 rings (SSSR count). The van der Waals surface area contributed by atoms with Crippen LogP contribution in [0.2, 0.25) is 0 Å². The minimum atomic E-state index is -0.500. The molecule has 0 fully saturated rings. The highest BCUT2D eigenvalue weighted by Gasteiger charge is 2.11. The maximum atomic E-state index is 12.4. The van der Waals surface area contributed by atoms with Gasteiger partial charge in [0.05, 0.1) is 17.5 Å². The van der Waals surface area contributed by atoms with Crippen molar-refractivity contribution in [2.75, 3.05) is 5.32 Å². The minimum Gasteiger partial charge on any atom is -0.321 e. The van der Waals surface area contributed by atoms with E-state index < -0.39 is 5.91 Å². The average Bonchev–Trinajstić information content (AvgIpc) is 3.01. The van der Waals surface area contributed by atoms with Crippen molar-refractivity contribution in [1.29, 1.82) is 10.5 Å². The topological polar surface area (TPSA) is 94.0 Å². The highest BCUT2D eigenvalue weighted by atomic mass is 16.1. The molecule has 0 saturated heterocycles. The van der Waals surface area contributed by atoms with Crippen LogP contribution in [-0.2, 0) is 4.79 Å². The largest absolute Gasteiger partial charge is 0.321 e. The Morgan fingerprint density at radius 3 is 2.84 bits per heavy atom. The van der Waals surface area contributed by atoms with Crippen molar-refractivity contribution in [1.82, 2.24) is 9.38 Å². The van der Waals surface area contributed by atoms with Crippen LogP contribution in [0.5, 0.6) is 0 Å². The van der Waals surface area contributed by atoms with Crippen LogP contribution in [0.1, 0.15) is 16.8 Å². The Bertz CT molecular complexity index is 1080. The van der Waals surface area contributed by atoms with Crippen molar-refractivity contribution in [2.24, 2.45) is 0 Å². The number of pyridine rings is 1. The summed E-state index contributed by atoms with van der Waals surface area (Å²) in [4.78, 5) is 16.6. The number of aryl methyl sites for hydroxylation is 1. The van der Waals surface area contributed by atoms with Crippen LogP contribution in [0.25, 0.3) is 11.7 Å². The fraction of sp³-hybridized carbons (Fsp3) is 0.0526. The Balaban J connectivity index is 1.94. The smallest absolute Gasteiger partial charge is 0.266 e. The third kappa shape index (κ3) is 3.39. The van der Waals surface area contributed by atoms with E-state index in [1.54, 1.807) is 35.0 Å². The molecular formula is C19H13N5O. The first-order valence-corrected chi connectivity index (χ1v) is 7.48. The summed E-state index contributed by atoms with van der Waals surface area (Å²) in [6, 6.07) is 14.6. The van der Waals surface area contributed by atoms with Gasteiger partial charge in [-0.25, -0.2) is 4.98 Å². The number of aromatic nitrogens is 2. The molecule has 2 aromatic heterocycles. The lowest BCUT2D eigenvalue weighted by molar-refractivity contribution is -0.112. The number of imidazole rings is 1. The zero-order valence-corrected chi connectivity index (χ0v) is 13.4. The second-order valence-corrected chi connectivity index (χ2v) is 5.43. The van der Waals surface area contributed by atoms with E-state index in [1.165, 1.54) is 6.08 Å². The van der Waals surface area contributed by atoms with Gasteiger partial charge in [-0.2, -0.15) is 10.5 Å². The Morgan fingerprint density at radius 2 is 2.12 bits per heavy atom. The fourth-order valence-electron chi connectivity index (χ4n) is 2.39. The van der Waals surface area contributed by atoms with Gasteiger partial charge in [-0.15, -0.1) is 0 Å². The first-order valence-electron chi connectivity index (χ1n) is 7.48. The van der Waals surface area contributed by atoms with Gasteiger partial charge in [-0.3, -0.25) is 9.20 Å². The van der Waals surface area contributed by atoms with Crippen molar-refractivity contribution in [3.05, 3.63) is 71.2 Å². The minimum absolute atomic E-state index is 0.0503. The van der Waals surface area contributed by atoms with Gasteiger partial charge >= 0.3 is 0 Å². The van der Waals surface area contributed by atoms with E-state index in [1.807, 2.05) is 31.2 Å². The zero-order chi connectivity index (χ0) is 17.8. The highest BCUT2D eigenvalue weighted by molar-refractivity contribution is 6.09. The molecule has 0 aliphatic carbocycles. The summed E-state index contributed by atoms with van der Waals surface area (Å²) in [5, 5.41) is 21.1. The van der Waals surface area contributed by atoms with Crippen molar-refractivity contribution >= 4 is 23.3 Å². The van der Waals surface area contributed by atoms with Crippen LogP contribution in [0.3, 0.4) is 0 Å². The number of anilines is 1. The van der Waals surface area contributed by atoms with E-state index in [-0.39, 0.29) is 5.57 Å². The molecule has 25 heavy (non-hydrogen) atoms. The number of fused-ring (bicyclic) bond motifs is 1. The van der Waals surface area contributed by atoms with Gasteiger partial charge in [0, 0.05) is 11.9 Å². The van der Waals surface area contributed by atoms with E-state index in [0.29, 0.717) is 22.6 Å². The SMILES string of the molecule is Cc1cccc(NC(=O)/C(C#N)=C\c2cnc3ccc(C#N)cn23)c1. The number of hydrogen-bond acceptors (Lipinski definition) is 4. The van der Waals surface area contributed by atoms with E-state index >= 15 is 0 Å². The fourth-order valence-corrected chi connectivity index (χ4v) is 2.39.